The first-order chi connectivity index (χ1) is 9.77. The molecule has 0 radical (unpaired) electrons. The van der Waals surface area contributed by atoms with Gasteiger partial charge in [0.05, 0.1) is 5.69 Å². The van der Waals surface area contributed by atoms with E-state index in [1.807, 2.05) is 26.8 Å². The van der Waals surface area contributed by atoms with Gasteiger partial charge in [-0.15, -0.1) is 0 Å². The first-order valence-corrected chi connectivity index (χ1v) is 7.72. The van der Waals surface area contributed by atoms with Crippen molar-refractivity contribution in [2.24, 2.45) is 7.05 Å². The van der Waals surface area contributed by atoms with E-state index in [9.17, 15) is 9.18 Å². The maximum Gasteiger partial charge on any atom is 0.254 e. The average molecular weight is 306 g/mol. The minimum Gasteiger partial charge on any atom is -0.291 e. The van der Waals surface area contributed by atoms with E-state index < -0.39 is 0 Å². The molecular formula is C16H19FN2OS. The van der Waals surface area contributed by atoms with Crippen LogP contribution in [0.5, 0.6) is 0 Å². The van der Waals surface area contributed by atoms with Crippen LogP contribution in [0.15, 0.2) is 40.3 Å². The highest BCUT2D eigenvalue weighted by Crippen LogP contribution is 2.24. The molecule has 0 saturated heterocycles. The highest BCUT2D eigenvalue weighted by molar-refractivity contribution is 7.98. The molecule has 0 aliphatic carbocycles. The lowest BCUT2D eigenvalue weighted by atomic mass is 9.92. The second-order valence-electron chi connectivity index (χ2n) is 5.99. The Labute approximate surface area is 128 Å². The fraction of sp³-hybridized carbons (Fsp3) is 0.375. The van der Waals surface area contributed by atoms with Gasteiger partial charge in [-0.25, -0.2) is 9.37 Å². The number of thioether (sulfide) groups is 1. The van der Waals surface area contributed by atoms with Gasteiger partial charge < -0.3 is 0 Å². The second-order valence-corrected chi connectivity index (χ2v) is 6.93. The van der Waals surface area contributed by atoms with Gasteiger partial charge in [0.2, 0.25) is 0 Å². The van der Waals surface area contributed by atoms with Crippen molar-refractivity contribution < 1.29 is 4.39 Å². The quantitative estimate of drug-likeness (QED) is 0.643. The van der Waals surface area contributed by atoms with Crippen molar-refractivity contribution in [1.82, 2.24) is 9.55 Å². The Hall–Kier alpha value is -1.62. The molecule has 0 fully saturated rings. The first-order valence-electron chi connectivity index (χ1n) is 6.73. The van der Waals surface area contributed by atoms with Crippen LogP contribution in [0.25, 0.3) is 0 Å². The molecule has 1 heterocycles. The van der Waals surface area contributed by atoms with Crippen molar-refractivity contribution in [2.45, 2.75) is 37.1 Å². The van der Waals surface area contributed by atoms with Gasteiger partial charge in [-0.1, -0.05) is 44.7 Å². The summed E-state index contributed by atoms with van der Waals surface area (Å²) in [6.07, 6.45) is 0. The molecule has 1 aromatic carbocycles. The van der Waals surface area contributed by atoms with Crippen LogP contribution in [0, 0.1) is 5.82 Å². The third kappa shape index (κ3) is 3.94. The molecule has 0 bridgehead atoms. The molecule has 0 aliphatic heterocycles. The predicted molar refractivity (Wildman–Crippen MR) is 84.1 cm³/mol. The molecule has 21 heavy (non-hydrogen) atoms. The van der Waals surface area contributed by atoms with E-state index in [4.69, 9.17) is 0 Å². The van der Waals surface area contributed by atoms with Gasteiger partial charge in [-0.3, -0.25) is 9.36 Å². The smallest absolute Gasteiger partial charge is 0.254 e. The van der Waals surface area contributed by atoms with Gasteiger partial charge in [0, 0.05) is 24.3 Å². The Kier molecular flexibility index (Phi) is 4.52. The summed E-state index contributed by atoms with van der Waals surface area (Å²) in [5, 5.41) is 0.650. The third-order valence-corrected chi connectivity index (χ3v) is 4.22. The summed E-state index contributed by atoms with van der Waals surface area (Å²) in [5.74, 6) is 0.324. The third-order valence-electron chi connectivity index (χ3n) is 3.12. The maximum absolute atomic E-state index is 13.2. The lowest BCUT2D eigenvalue weighted by Crippen LogP contribution is -2.25. The topological polar surface area (TPSA) is 34.9 Å². The van der Waals surface area contributed by atoms with Gasteiger partial charge in [-0.2, -0.15) is 0 Å². The van der Waals surface area contributed by atoms with Gasteiger partial charge in [0.15, 0.2) is 5.16 Å². The molecule has 112 valence electrons. The molecule has 0 N–H and O–H groups in total. The number of hydrogen-bond donors (Lipinski definition) is 0. The normalized spacial score (nSPS) is 11.7. The minimum atomic E-state index is -0.251. The van der Waals surface area contributed by atoms with Crippen molar-refractivity contribution in [3.63, 3.8) is 0 Å². The summed E-state index contributed by atoms with van der Waals surface area (Å²) in [6.45, 7) is 6.07. The molecule has 5 heteroatoms. The number of benzene rings is 1. The summed E-state index contributed by atoms with van der Waals surface area (Å²) in [4.78, 5) is 16.6. The summed E-state index contributed by atoms with van der Waals surface area (Å²) in [7, 11) is 1.70. The zero-order valence-electron chi connectivity index (χ0n) is 12.7. The van der Waals surface area contributed by atoms with Crippen LogP contribution in [0.1, 0.15) is 32.0 Å². The zero-order valence-corrected chi connectivity index (χ0v) is 13.5. The predicted octanol–water partition coefficient (Wildman–Crippen LogP) is 3.51. The van der Waals surface area contributed by atoms with Gasteiger partial charge >= 0.3 is 0 Å². The van der Waals surface area contributed by atoms with Gasteiger partial charge in [-0.05, 0) is 17.7 Å². The standard InChI is InChI=1S/C16H19FN2OS/c1-16(2,3)13-9-14(20)19(4)15(18-13)21-10-11-6-5-7-12(17)8-11/h5-9H,10H2,1-4H3. The average Bonchev–Trinajstić information content (AvgIpc) is 2.39. The molecule has 1 aromatic heterocycles. The molecule has 3 nitrogen and oxygen atoms in total. The summed E-state index contributed by atoms with van der Waals surface area (Å²) in [5.41, 5.74) is 1.39. The lowest BCUT2D eigenvalue weighted by molar-refractivity contribution is 0.542. The monoisotopic (exact) mass is 306 g/mol. The fourth-order valence-corrected chi connectivity index (χ4v) is 2.73. The van der Waals surface area contributed by atoms with E-state index in [1.165, 1.54) is 28.5 Å². The van der Waals surface area contributed by atoms with E-state index >= 15 is 0 Å². The summed E-state index contributed by atoms with van der Waals surface area (Å²) >= 11 is 1.44. The van der Waals surface area contributed by atoms with Crippen molar-refractivity contribution >= 4 is 11.8 Å². The summed E-state index contributed by atoms with van der Waals surface area (Å²) < 4.78 is 14.7. The zero-order chi connectivity index (χ0) is 15.6. The number of hydrogen-bond acceptors (Lipinski definition) is 3. The first kappa shape index (κ1) is 15.8. The van der Waals surface area contributed by atoms with Crippen LogP contribution in [0.4, 0.5) is 4.39 Å². The number of rotatable bonds is 3. The molecule has 0 aliphatic rings. The van der Waals surface area contributed by atoms with Crippen LogP contribution >= 0.6 is 11.8 Å². The van der Waals surface area contributed by atoms with Crippen molar-refractivity contribution in [2.75, 3.05) is 0 Å². The Bertz CT molecular complexity index is 704. The van der Waals surface area contributed by atoms with Crippen molar-refractivity contribution in [3.05, 3.63) is 57.8 Å². The van der Waals surface area contributed by atoms with Crippen molar-refractivity contribution in [1.29, 1.82) is 0 Å². The Morgan fingerprint density at radius 1 is 1.29 bits per heavy atom. The van der Waals surface area contributed by atoms with Crippen LogP contribution in [0.2, 0.25) is 0 Å². The van der Waals surface area contributed by atoms with E-state index in [0.29, 0.717) is 10.9 Å². The summed E-state index contributed by atoms with van der Waals surface area (Å²) in [6, 6.07) is 8.04. The molecule has 2 aromatic rings. The molecule has 0 saturated carbocycles. The van der Waals surface area contributed by atoms with Gasteiger partial charge in [0.25, 0.3) is 5.56 Å². The largest absolute Gasteiger partial charge is 0.291 e. The maximum atomic E-state index is 13.2. The highest BCUT2D eigenvalue weighted by atomic mass is 32.2. The van der Waals surface area contributed by atoms with E-state index in [1.54, 1.807) is 19.2 Å². The van der Waals surface area contributed by atoms with Crippen LogP contribution in [0.3, 0.4) is 0 Å². The van der Waals surface area contributed by atoms with E-state index in [0.717, 1.165) is 11.3 Å². The fourth-order valence-electron chi connectivity index (χ4n) is 1.81. The molecule has 0 amide bonds. The SMILES string of the molecule is Cn1c(SCc2cccc(F)c2)nc(C(C)(C)C)cc1=O. The van der Waals surface area contributed by atoms with Gasteiger partial charge in [0.1, 0.15) is 5.82 Å². The molecular weight excluding hydrogens is 287 g/mol. The highest BCUT2D eigenvalue weighted by Gasteiger charge is 2.18. The number of halogens is 1. The Balaban J connectivity index is 2.27. The van der Waals surface area contributed by atoms with Crippen molar-refractivity contribution in [3.8, 4) is 0 Å². The van der Waals surface area contributed by atoms with Crippen LogP contribution in [-0.4, -0.2) is 9.55 Å². The van der Waals surface area contributed by atoms with Crippen LogP contribution < -0.4 is 5.56 Å². The molecule has 2 rings (SSSR count). The number of nitrogens with zero attached hydrogens (tertiary/aromatic N) is 2. The second kappa shape index (κ2) is 6.02. The molecule has 0 atom stereocenters. The molecule has 0 unspecified atom stereocenters. The Morgan fingerprint density at radius 3 is 2.62 bits per heavy atom. The van der Waals surface area contributed by atoms with E-state index in [2.05, 4.69) is 4.98 Å². The minimum absolute atomic E-state index is 0.0725. The van der Waals surface area contributed by atoms with E-state index in [-0.39, 0.29) is 16.8 Å². The molecule has 0 spiro atoms. The Morgan fingerprint density at radius 2 is 2.00 bits per heavy atom. The lowest BCUT2D eigenvalue weighted by Gasteiger charge is -2.19. The van der Waals surface area contributed by atoms with Crippen LogP contribution in [-0.2, 0) is 18.2 Å². The number of aromatic nitrogens is 2.